The highest BCUT2D eigenvalue weighted by Crippen LogP contribution is 2.28. The first-order valence-corrected chi connectivity index (χ1v) is 5.73. The van der Waals surface area contributed by atoms with E-state index < -0.39 is 0 Å². The van der Waals surface area contributed by atoms with Crippen LogP contribution in [0.5, 0.6) is 0 Å². The van der Waals surface area contributed by atoms with Crippen LogP contribution in [0.15, 0.2) is 40.6 Å². The average molecular weight is 249 g/mol. The summed E-state index contributed by atoms with van der Waals surface area (Å²) in [5.41, 5.74) is 0.531. The Morgan fingerprint density at radius 1 is 1.41 bits per heavy atom. The molecule has 1 heterocycles. The van der Waals surface area contributed by atoms with Crippen LogP contribution in [-0.4, -0.2) is 27.8 Å². The molecule has 0 bridgehead atoms. The Morgan fingerprint density at radius 3 is 2.82 bits per heavy atom. The number of ether oxygens (including phenoxy) is 1. The molecule has 88 valence electrons. The van der Waals surface area contributed by atoms with Gasteiger partial charge in [-0.05, 0) is 23.9 Å². The summed E-state index contributed by atoms with van der Waals surface area (Å²) in [6, 6.07) is 7.24. The zero-order valence-electron chi connectivity index (χ0n) is 9.45. The van der Waals surface area contributed by atoms with Gasteiger partial charge in [0.1, 0.15) is 6.33 Å². The van der Waals surface area contributed by atoms with Crippen molar-refractivity contribution in [3.05, 3.63) is 36.2 Å². The largest absolute Gasteiger partial charge is 0.465 e. The summed E-state index contributed by atoms with van der Waals surface area (Å²) in [6.45, 7) is 0. The molecule has 0 saturated carbocycles. The molecule has 1 aromatic heterocycles. The van der Waals surface area contributed by atoms with Gasteiger partial charge in [-0.2, -0.15) is 0 Å². The maximum atomic E-state index is 11.6. The third-order valence-electron chi connectivity index (χ3n) is 2.16. The minimum atomic E-state index is -0.352. The average Bonchev–Trinajstić information content (AvgIpc) is 2.75. The number of hydrogen-bond donors (Lipinski definition) is 0. The second kappa shape index (κ2) is 5.01. The van der Waals surface area contributed by atoms with Crippen molar-refractivity contribution in [3.63, 3.8) is 0 Å². The zero-order valence-corrected chi connectivity index (χ0v) is 10.3. The van der Waals surface area contributed by atoms with Crippen molar-refractivity contribution in [2.75, 3.05) is 7.11 Å². The van der Waals surface area contributed by atoms with Crippen molar-refractivity contribution >= 4 is 17.7 Å². The van der Waals surface area contributed by atoms with Crippen molar-refractivity contribution in [1.82, 2.24) is 14.8 Å². The molecule has 0 unspecified atom stereocenters. The van der Waals surface area contributed by atoms with Crippen molar-refractivity contribution < 1.29 is 9.53 Å². The molecule has 6 heteroatoms. The molecular weight excluding hydrogens is 238 g/mol. The van der Waals surface area contributed by atoms with Gasteiger partial charge in [-0.1, -0.05) is 12.1 Å². The van der Waals surface area contributed by atoms with Gasteiger partial charge in [0, 0.05) is 11.9 Å². The summed E-state index contributed by atoms with van der Waals surface area (Å²) in [5.74, 6) is -0.352. The van der Waals surface area contributed by atoms with E-state index in [0.29, 0.717) is 5.56 Å². The summed E-state index contributed by atoms with van der Waals surface area (Å²) in [4.78, 5) is 12.4. The van der Waals surface area contributed by atoms with Crippen LogP contribution in [0.2, 0.25) is 0 Å². The number of methoxy groups -OCH3 is 1. The maximum absolute atomic E-state index is 11.6. The molecule has 0 N–H and O–H groups in total. The predicted octanol–water partition coefficient (Wildman–Crippen LogP) is 1.75. The number of carbonyl (C=O) groups excluding carboxylic acids is 1. The number of aryl methyl sites for hydroxylation is 1. The van der Waals surface area contributed by atoms with Crippen molar-refractivity contribution in [1.29, 1.82) is 0 Å². The number of esters is 1. The summed E-state index contributed by atoms with van der Waals surface area (Å²) < 4.78 is 6.52. The standard InChI is InChI=1S/C11H11N3O2S/c1-14-7-12-13-11(14)17-9-6-4-3-5-8(9)10(15)16-2/h3-7H,1-2H3. The van der Waals surface area contributed by atoms with Crippen LogP contribution >= 0.6 is 11.8 Å². The fraction of sp³-hybridized carbons (Fsp3) is 0.182. The summed E-state index contributed by atoms with van der Waals surface area (Å²) in [5, 5.41) is 8.47. The summed E-state index contributed by atoms with van der Waals surface area (Å²) >= 11 is 1.38. The van der Waals surface area contributed by atoms with Crippen molar-refractivity contribution in [2.24, 2.45) is 7.05 Å². The minimum absolute atomic E-state index is 0.352. The number of aromatic nitrogens is 3. The molecule has 0 radical (unpaired) electrons. The topological polar surface area (TPSA) is 57.0 Å². The van der Waals surface area contributed by atoms with Gasteiger partial charge < -0.3 is 9.30 Å². The first-order valence-electron chi connectivity index (χ1n) is 4.91. The fourth-order valence-corrected chi connectivity index (χ4v) is 2.18. The first kappa shape index (κ1) is 11.7. The van der Waals surface area contributed by atoms with E-state index in [-0.39, 0.29) is 5.97 Å². The van der Waals surface area contributed by atoms with Crippen LogP contribution in [-0.2, 0) is 11.8 Å². The molecule has 0 atom stereocenters. The molecule has 0 fully saturated rings. The highest BCUT2D eigenvalue weighted by atomic mass is 32.2. The quantitative estimate of drug-likeness (QED) is 0.776. The fourth-order valence-electron chi connectivity index (χ4n) is 1.30. The molecule has 5 nitrogen and oxygen atoms in total. The molecule has 17 heavy (non-hydrogen) atoms. The number of carbonyl (C=O) groups is 1. The van der Waals surface area contributed by atoms with Crippen molar-refractivity contribution in [2.45, 2.75) is 10.1 Å². The van der Waals surface area contributed by atoms with Gasteiger partial charge in [-0.25, -0.2) is 4.79 Å². The molecule has 2 aromatic rings. The lowest BCUT2D eigenvalue weighted by molar-refractivity contribution is 0.0597. The molecule has 1 aromatic carbocycles. The molecule has 0 spiro atoms. The smallest absolute Gasteiger partial charge is 0.339 e. The molecule has 0 amide bonds. The third-order valence-corrected chi connectivity index (χ3v) is 3.29. The van der Waals surface area contributed by atoms with Crippen LogP contribution in [0, 0.1) is 0 Å². The molecule has 0 aliphatic heterocycles. The van der Waals surface area contributed by atoms with E-state index in [2.05, 4.69) is 10.2 Å². The predicted molar refractivity (Wildman–Crippen MR) is 62.9 cm³/mol. The summed E-state index contributed by atoms with van der Waals surface area (Å²) in [7, 11) is 3.22. The van der Waals surface area contributed by atoms with E-state index in [1.807, 2.05) is 19.2 Å². The van der Waals surface area contributed by atoms with Crippen LogP contribution in [0.4, 0.5) is 0 Å². The lowest BCUT2D eigenvalue weighted by atomic mass is 10.2. The van der Waals surface area contributed by atoms with E-state index in [4.69, 9.17) is 4.74 Å². The molecule has 0 aliphatic rings. The van der Waals surface area contributed by atoms with Gasteiger partial charge in [-0.15, -0.1) is 10.2 Å². The highest BCUT2D eigenvalue weighted by Gasteiger charge is 2.13. The Balaban J connectivity index is 2.33. The van der Waals surface area contributed by atoms with E-state index in [0.717, 1.165) is 10.1 Å². The summed E-state index contributed by atoms with van der Waals surface area (Å²) in [6.07, 6.45) is 1.61. The normalized spacial score (nSPS) is 10.2. The van der Waals surface area contributed by atoms with E-state index in [1.165, 1.54) is 18.9 Å². The lowest BCUT2D eigenvalue weighted by Gasteiger charge is -2.06. The molecular formula is C11H11N3O2S. The van der Waals surface area contributed by atoms with Gasteiger partial charge in [-0.3, -0.25) is 0 Å². The molecule has 2 rings (SSSR count). The second-order valence-electron chi connectivity index (χ2n) is 3.31. The van der Waals surface area contributed by atoms with E-state index in [1.54, 1.807) is 23.0 Å². The minimum Gasteiger partial charge on any atom is -0.465 e. The monoisotopic (exact) mass is 249 g/mol. The van der Waals surface area contributed by atoms with Crippen LogP contribution < -0.4 is 0 Å². The lowest BCUT2D eigenvalue weighted by Crippen LogP contribution is -2.03. The SMILES string of the molecule is COC(=O)c1ccccc1Sc1nncn1C. The molecule has 0 aliphatic carbocycles. The number of hydrogen-bond acceptors (Lipinski definition) is 5. The highest BCUT2D eigenvalue weighted by molar-refractivity contribution is 7.99. The van der Waals surface area contributed by atoms with Crippen molar-refractivity contribution in [3.8, 4) is 0 Å². The Labute approximate surface area is 103 Å². The zero-order chi connectivity index (χ0) is 12.3. The van der Waals surface area contributed by atoms with Gasteiger partial charge in [0.15, 0.2) is 5.16 Å². The third kappa shape index (κ3) is 2.47. The van der Waals surface area contributed by atoms with Gasteiger partial charge in [0.25, 0.3) is 0 Å². The van der Waals surface area contributed by atoms with Crippen LogP contribution in [0.1, 0.15) is 10.4 Å². The van der Waals surface area contributed by atoms with Gasteiger partial charge >= 0.3 is 5.97 Å². The molecule has 0 saturated heterocycles. The van der Waals surface area contributed by atoms with Crippen LogP contribution in [0.25, 0.3) is 0 Å². The van der Waals surface area contributed by atoms with E-state index >= 15 is 0 Å². The Hall–Kier alpha value is -1.82. The number of benzene rings is 1. The maximum Gasteiger partial charge on any atom is 0.339 e. The van der Waals surface area contributed by atoms with Gasteiger partial charge in [0.05, 0.1) is 12.7 Å². The van der Waals surface area contributed by atoms with Gasteiger partial charge in [0.2, 0.25) is 0 Å². The Bertz CT molecular complexity index is 539. The Morgan fingerprint density at radius 2 is 2.18 bits per heavy atom. The van der Waals surface area contributed by atoms with Crippen LogP contribution in [0.3, 0.4) is 0 Å². The second-order valence-corrected chi connectivity index (χ2v) is 4.32. The number of nitrogens with zero attached hydrogens (tertiary/aromatic N) is 3. The Kier molecular flexibility index (Phi) is 3.43. The van der Waals surface area contributed by atoms with E-state index in [9.17, 15) is 4.79 Å². The first-order chi connectivity index (χ1) is 8.22. The number of rotatable bonds is 3.